The van der Waals surface area contributed by atoms with Crippen molar-refractivity contribution in [2.24, 2.45) is 0 Å². The number of aryl methyl sites for hydroxylation is 1. The molecule has 0 spiro atoms. The summed E-state index contributed by atoms with van der Waals surface area (Å²) in [6, 6.07) is 14.3. The SMILES string of the molecule is CCOc1ccc(-c2csc(C)n2)cc1S(=O)(=O)N(CC)c1ccccc1. The number of hydrogen-bond acceptors (Lipinski definition) is 5. The number of aromatic nitrogens is 1. The number of rotatable bonds is 7. The van der Waals surface area contributed by atoms with Crippen LogP contribution in [0.5, 0.6) is 5.75 Å². The molecule has 0 radical (unpaired) electrons. The minimum absolute atomic E-state index is 0.151. The zero-order valence-electron chi connectivity index (χ0n) is 15.5. The molecule has 0 amide bonds. The number of thiazole rings is 1. The molecule has 0 bridgehead atoms. The van der Waals surface area contributed by atoms with Gasteiger partial charge in [0.2, 0.25) is 0 Å². The van der Waals surface area contributed by atoms with Gasteiger partial charge in [0.15, 0.2) is 0 Å². The summed E-state index contributed by atoms with van der Waals surface area (Å²) in [6.07, 6.45) is 0. The highest BCUT2D eigenvalue weighted by atomic mass is 32.2. The normalized spacial score (nSPS) is 11.4. The summed E-state index contributed by atoms with van der Waals surface area (Å²) < 4.78 is 34.0. The van der Waals surface area contributed by atoms with Crippen LogP contribution in [0, 0.1) is 6.92 Å². The molecule has 0 saturated carbocycles. The van der Waals surface area contributed by atoms with Gasteiger partial charge in [-0.05, 0) is 51.1 Å². The second-order valence-corrected chi connectivity index (χ2v) is 8.74. The van der Waals surface area contributed by atoms with Crippen molar-refractivity contribution in [2.45, 2.75) is 25.7 Å². The van der Waals surface area contributed by atoms with Crippen LogP contribution in [0.3, 0.4) is 0 Å². The second kappa shape index (κ2) is 8.10. The summed E-state index contributed by atoms with van der Waals surface area (Å²) in [6.45, 7) is 6.28. The van der Waals surface area contributed by atoms with Gasteiger partial charge in [0.1, 0.15) is 10.6 Å². The van der Waals surface area contributed by atoms with Gasteiger partial charge >= 0.3 is 0 Å². The molecule has 0 unspecified atom stereocenters. The molecule has 3 rings (SSSR count). The molecule has 0 saturated heterocycles. The van der Waals surface area contributed by atoms with E-state index >= 15 is 0 Å². The molecule has 7 heteroatoms. The van der Waals surface area contributed by atoms with Crippen molar-refractivity contribution in [1.82, 2.24) is 4.98 Å². The molecule has 0 aliphatic carbocycles. The number of ether oxygens (including phenoxy) is 1. The van der Waals surface area contributed by atoms with Crippen molar-refractivity contribution in [2.75, 3.05) is 17.5 Å². The third kappa shape index (κ3) is 3.99. The maximum absolute atomic E-state index is 13.5. The highest BCUT2D eigenvalue weighted by Gasteiger charge is 2.28. The zero-order chi connectivity index (χ0) is 19.4. The first-order valence-electron chi connectivity index (χ1n) is 8.74. The molecule has 0 aliphatic heterocycles. The predicted molar refractivity (Wildman–Crippen MR) is 110 cm³/mol. The van der Waals surface area contributed by atoms with Crippen molar-refractivity contribution < 1.29 is 13.2 Å². The molecule has 0 N–H and O–H groups in total. The highest BCUT2D eigenvalue weighted by molar-refractivity contribution is 7.93. The van der Waals surface area contributed by atoms with Crippen LogP contribution in [0.4, 0.5) is 5.69 Å². The van der Waals surface area contributed by atoms with Crippen molar-refractivity contribution in [3.05, 3.63) is 58.9 Å². The van der Waals surface area contributed by atoms with E-state index in [4.69, 9.17) is 4.74 Å². The maximum Gasteiger partial charge on any atom is 0.268 e. The number of anilines is 1. The lowest BCUT2D eigenvalue weighted by atomic mass is 10.2. The Hall–Kier alpha value is -2.38. The molecule has 1 heterocycles. The van der Waals surface area contributed by atoms with Gasteiger partial charge in [0.25, 0.3) is 10.0 Å². The smallest absolute Gasteiger partial charge is 0.268 e. The van der Waals surface area contributed by atoms with Crippen LogP contribution in [0.15, 0.2) is 58.8 Å². The van der Waals surface area contributed by atoms with Crippen molar-refractivity contribution >= 4 is 27.0 Å². The lowest BCUT2D eigenvalue weighted by molar-refractivity contribution is 0.331. The molecule has 0 aliphatic rings. The van der Waals surface area contributed by atoms with E-state index in [0.29, 0.717) is 24.6 Å². The van der Waals surface area contributed by atoms with Crippen molar-refractivity contribution in [3.8, 4) is 17.0 Å². The third-order valence-corrected chi connectivity index (χ3v) is 6.76. The van der Waals surface area contributed by atoms with E-state index in [1.165, 1.54) is 15.6 Å². The monoisotopic (exact) mass is 402 g/mol. The van der Waals surface area contributed by atoms with Crippen molar-refractivity contribution in [1.29, 1.82) is 0 Å². The summed E-state index contributed by atoms with van der Waals surface area (Å²) in [5.74, 6) is 0.350. The van der Waals surface area contributed by atoms with Crippen LogP contribution < -0.4 is 9.04 Å². The molecular weight excluding hydrogens is 380 g/mol. The Bertz CT molecular complexity index is 1010. The van der Waals surface area contributed by atoms with E-state index in [2.05, 4.69) is 4.98 Å². The maximum atomic E-state index is 13.5. The van der Waals surface area contributed by atoms with Gasteiger partial charge in [0.05, 0.1) is 23.0 Å². The summed E-state index contributed by atoms with van der Waals surface area (Å²) in [7, 11) is -3.80. The standard InChI is InChI=1S/C20H22N2O3S2/c1-4-22(17-9-7-6-8-10-17)27(23,24)20-13-16(11-12-19(20)25-5-2)18-14-26-15(3)21-18/h6-14H,4-5H2,1-3H3. The van der Waals surface area contributed by atoms with Crippen LogP contribution in [-0.2, 0) is 10.0 Å². The van der Waals surface area contributed by atoms with Crippen LogP contribution in [0.25, 0.3) is 11.3 Å². The van der Waals surface area contributed by atoms with E-state index in [1.54, 1.807) is 24.3 Å². The summed E-state index contributed by atoms with van der Waals surface area (Å²) >= 11 is 1.53. The van der Waals surface area contributed by atoms with Gasteiger partial charge in [-0.15, -0.1) is 11.3 Å². The second-order valence-electron chi connectivity index (χ2n) is 5.85. The lowest BCUT2D eigenvalue weighted by Crippen LogP contribution is -2.31. The van der Waals surface area contributed by atoms with E-state index in [9.17, 15) is 8.42 Å². The highest BCUT2D eigenvalue weighted by Crippen LogP contribution is 2.34. The molecule has 0 atom stereocenters. The Morgan fingerprint density at radius 2 is 1.85 bits per heavy atom. The molecule has 1 aromatic heterocycles. The minimum Gasteiger partial charge on any atom is -0.492 e. The lowest BCUT2D eigenvalue weighted by Gasteiger charge is -2.24. The van der Waals surface area contributed by atoms with Crippen LogP contribution in [0.2, 0.25) is 0 Å². The first-order chi connectivity index (χ1) is 13.0. The van der Waals surface area contributed by atoms with Gasteiger partial charge in [-0.2, -0.15) is 0 Å². The first kappa shape index (κ1) is 19.4. The molecule has 2 aromatic carbocycles. The zero-order valence-corrected chi connectivity index (χ0v) is 17.2. The Balaban J connectivity index is 2.14. The summed E-state index contributed by atoms with van der Waals surface area (Å²) in [5.41, 5.74) is 2.14. The average molecular weight is 403 g/mol. The van der Waals surface area contributed by atoms with Gasteiger partial charge in [-0.25, -0.2) is 13.4 Å². The average Bonchev–Trinajstić information content (AvgIpc) is 3.10. The van der Waals surface area contributed by atoms with Crippen LogP contribution in [0.1, 0.15) is 18.9 Å². The fourth-order valence-electron chi connectivity index (χ4n) is 2.84. The molecule has 5 nitrogen and oxygen atoms in total. The number of para-hydroxylation sites is 1. The largest absolute Gasteiger partial charge is 0.492 e. The number of sulfonamides is 1. The molecule has 142 valence electrons. The molecule has 27 heavy (non-hydrogen) atoms. The van der Waals surface area contributed by atoms with E-state index in [-0.39, 0.29) is 4.90 Å². The Morgan fingerprint density at radius 1 is 1.11 bits per heavy atom. The van der Waals surface area contributed by atoms with Crippen LogP contribution >= 0.6 is 11.3 Å². The van der Waals surface area contributed by atoms with E-state index in [1.807, 2.05) is 50.4 Å². The van der Waals surface area contributed by atoms with E-state index in [0.717, 1.165) is 16.3 Å². The number of hydrogen-bond donors (Lipinski definition) is 0. The van der Waals surface area contributed by atoms with Gasteiger partial charge in [0, 0.05) is 17.5 Å². The summed E-state index contributed by atoms with van der Waals surface area (Å²) in [5, 5.41) is 2.86. The Morgan fingerprint density at radius 3 is 2.44 bits per heavy atom. The van der Waals surface area contributed by atoms with Gasteiger partial charge < -0.3 is 4.74 Å². The quantitative estimate of drug-likeness (QED) is 0.573. The minimum atomic E-state index is -3.80. The van der Waals surface area contributed by atoms with Crippen LogP contribution in [-0.4, -0.2) is 26.6 Å². The van der Waals surface area contributed by atoms with E-state index < -0.39 is 10.0 Å². The molecular formula is C20H22N2O3S2. The summed E-state index contributed by atoms with van der Waals surface area (Å²) in [4.78, 5) is 4.62. The number of benzene rings is 2. The predicted octanol–water partition coefficient (Wildman–Crippen LogP) is 4.73. The third-order valence-electron chi connectivity index (χ3n) is 4.06. The fourth-order valence-corrected chi connectivity index (χ4v) is 5.10. The number of nitrogens with zero attached hydrogens (tertiary/aromatic N) is 2. The Kier molecular flexibility index (Phi) is 5.82. The Labute approximate surface area is 164 Å². The van der Waals surface area contributed by atoms with Gasteiger partial charge in [-0.1, -0.05) is 18.2 Å². The van der Waals surface area contributed by atoms with Gasteiger partial charge in [-0.3, -0.25) is 4.31 Å². The first-order valence-corrected chi connectivity index (χ1v) is 11.1. The fraction of sp³-hybridized carbons (Fsp3) is 0.250. The van der Waals surface area contributed by atoms with Crippen molar-refractivity contribution in [3.63, 3.8) is 0 Å². The molecule has 3 aromatic rings. The topological polar surface area (TPSA) is 59.5 Å². The molecule has 0 fully saturated rings.